The summed E-state index contributed by atoms with van der Waals surface area (Å²) in [7, 11) is 0. The van der Waals surface area contributed by atoms with Gasteiger partial charge in [0.2, 0.25) is 0 Å². The van der Waals surface area contributed by atoms with Gasteiger partial charge in [-0.1, -0.05) is 104 Å². The van der Waals surface area contributed by atoms with E-state index in [4.69, 9.17) is 4.42 Å². The van der Waals surface area contributed by atoms with Crippen LogP contribution in [0.2, 0.25) is 0 Å². The van der Waals surface area contributed by atoms with Crippen molar-refractivity contribution in [3.63, 3.8) is 0 Å². The fourth-order valence-corrected chi connectivity index (χ4v) is 6.46. The number of aromatic nitrogens is 2. The summed E-state index contributed by atoms with van der Waals surface area (Å²) in [6, 6.07) is 46.0. The molecule has 1 saturated carbocycles. The van der Waals surface area contributed by atoms with E-state index in [1.807, 2.05) is 67.0 Å². The molecule has 3 nitrogen and oxygen atoms in total. The molecule has 0 N–H and O–H groups in total. The second kappa shape index (κ2) is 14.8. The third-order valence-electron chi connectivity index (χ3n) is 8.98. The molecule has 0 bridgehead atoms. The van der Waals surface area contributed by atoms with E-state index in [-0.39, 0.29) is 20.1 Å². The van der Waals surface area contributed by atoms with Gasteiger partial charge < -0.3 is 14.4 Å². The number of furan rings is 1. The van der Waals surface area contributed by atoms with Crippen molar-refractivity contribution in [2.45, 2.75) is 44.9 Å². The van der Waals surface area contributed by atoms with Gasteiger partial charge in [0.25, 0.3) is 0 Å². The Bertz CT molecular complexity index is 2010. The predicted molar refractivity (Wildman–Crippen MR) is 184 cm³/mol. The van der Waals surface area contributed by atoms with Crippen molar-refractivity contribution in [2.24, 2.45) is 5.92 Å². The van der Waals surface area contributed by atoms with E-state index in [1.165, 1.54) is 48.8 Å². The first-order valence-electron chi connectivity index (χ1n) is 16.0. The molecule has 7 aromatic rings. The maximum absolute atomic E-state index is 5.90. The van der Waals surface area contributed by atoms with Crippen molar-refractivity contribution in [3.8, 4) is 22.5 Å². The minimum absolute atomic E-state index is 0. The first-order valence-corrected chi connectivity index (χ1v) is 16.0. The molecule has 4 heteroatoms. The first kappa shape index (κ1) is 31.6. The van der Waals surface area contributed by atoms with E-state index in [0.29, 0.717) is 5.92 Å². The predicted octanol–water partition coefficient (Wildman–Crippen LogP) is 10.9. The SMILES string of the molecule is CC(c1ccccc1)c1ccnc(-c2[c-]cccc2)c1.[Ir].[c-]1cc2oc3ccccc3c2cc1-c1cc(CC2CCCC2)ccn1. The van der Waals surface area contributed by atoms with Crippen molar-refractivity contribution in [1.82, 2.24) is 9.97 Å². The standard InChI is InChI=1S/C23H20NO.C19H16N.Ir/c1-2-6-16(5-1)13-17-11-12-24-21(14-17)18-9-10-23-20(15-18)19-7-3-4-8-22(19)25-23;1-15(16-8-4-2-5-9-16)18-12-13-20-19(14-18)17-10-6-3-7-11-17;/h3-4,7-8,10-12,14-16H,1-2,5-6,13H2;2-10,12-15H,1H3;/q2*-1;. The number of rotatable bonds is 6. The second-order valence-corrected chi connectivity index (χ2v) is 12.0. The Hall–Kier alpha value is -4.37. The molecule has 0 spiro atoms. The third kappa shape index (κ3) is 7.20. The maximum Gasteiger partial charge on any atom is 0.120 e. The molecular weight excluding hydrogens is 741 g/mol. The van der Waals surface area contributed by atoms with Gasteiger partial charge in [-0.05, 0) is 53.1 Å². The summed E-state index contributed by atoms with van der Waals surface area (Å²) in [5, 5.41) is 2.28. The minimum Gasteiger partial charge on any atom is -0.500 e. The summed E-state index contributed by atoms with van der Waals surface area (Å²) in [6.45, 7) is 2.23. The molecule has 1 unspecified atom stereocenters. The smallest absolute Gasteiger partial charge is 0.120 e. The minimum atomic E-state index is 0. The van der Waals surface area contributed by atoms with Crippen LogP contribution in [0.1, 0.15) is 55.2 Å². The Morgan fingerprint density at radius 1 is 0.696 bits per heavy atom. The van der Waals surface area contributed by atoms with E-state index in [9.17, 15) is 0 Å². The normalized spacial score (nSPS) is 13.6. The Morgan fingerprint density at radius 2 is 1.43 bits per heavy atom. The van der Waals surface area contributed by atoms with Gasteiger partial charge in [0.05, 0.1) is 5.58 Å². The van der Waals surface area contributed by atoms with Gasteiger partial charge in [-0.25, -0.2) is 0 Å². The molecule has 46 heavy (non-hydrogen) atoms. The average molecular weight is 777 g/mol. The Labute approximate surface area is 285 Å². The zero-order valence-corrected chi connectivity index (χ0v) is 28.3. The van der Waals surface area contributed by atoms with Gasteiger partial charge in [-0.2, -0.15) is 0 Å². The van der Waals surface area contributed by atoms with Crippen LogP contribution in [0.4, 0.5) is 0 Å². The largest absolute Gasteiger partial charge is 0.500 e. The zero-order valence-electron chi connectivity index (χ0n) is 26.0. The molecule has 1 atom stereocenters. The van der Waals surface area contributed by atoms with Crippen molar-refractivity contribution >= 4 is 21.9 Å². The molecule has 1 aliphatic rings. The van der Waals surface area contributed by atoms with Crippen molar-refractivity contribution in [3.05, 3.63) is 156 Å². The van der Waals surface area contributed by atoms with Crippen molar-refractivity contribution in [2.75, 3.05) is 0 Å². The van der Waals surface area contributed by atoms with Gasteiger partial charge in [0.15, 0.2) is 0 Å². The average Bonchev–Trinajstić information content (AvgIpc) is 3.77. The zero-order chi connectivity index (χ0) is 30.4. The van der Waals surface area contributed by atoms with E-state index < -0.39 is 0 Å². The van der Waals surface area contributed by atoms with Gasteiger partial charge in [0, 0.05) is 43.8 Å². The van der Waals surface area contributed by atoms with E-state index in [1.54, 1.807) is 0 Å². The molecule has 0 saturated heterocycles. The summed E-state index contributed by atoms with van der Waals surface area (Å²) in [5.41, 5.74) is 9.84. The van der Waals surface area contributed by atoms with Gasteiger partial charge in [0.1, 0.15) is 5.58 Å². The number of benzene rings is 4. The molecule has 1 fully saturated rings. The van der Waals surface area contributed by atoms with Gasteiger partial charge in [-0.3, -0.25) is 0 Å². The molecule has 8 rings (SSSR count). The maximum atomic E-state index is 5.90. The van der Waals surface area contributed by atoms with Crippen LogP contribution in [0.5, 0.6) is 0 Å². The van der Waals surface area contributed by atoms with E-state index >= 15 is 0 Å². The summed E-state index contributed by atoms with van der Waals surface area (Å²) >= 11 is 0. The fraction of sp³-hybridized carbons (Fsp3) is 0.190. The van der Waals surface area contributed by atoms with E-state index in [0.717, 1.165) is 50.4 Å². The van der Waals surface area contributed by atoms with Crippen LogP contribution in [-0.4, -0.2) is 9.97 Å². The first-order chi connectivity index (χ1) is 22.2. The molecule has 1 aliphatic carbocycles. The van der Waals surface area contributed by atoms with Crippen LogP contribution >= 0.6 is 0 Å². The number of hydrogen-bond acceptors (Lipinski definition) is 3. The number of hydrogen-bond donors (Lipinski definition) is 0. The van der Waals surface area contributed by atoms with Gasteiger partial charge >= 0.3 is 0 Å². The summed E-state index contributed by atoms with van der Waals surface area (Å²) in [5.74, 6) is 1.21. The number of fused-ring (bicyclic) bond motifs is 3. The van der Waals surface area contributed by atoms with Crippen LogP contribution < -0.4 is 0 Å². The van der Waals surface area contributed by atoms with Crippen molar-refractivity contribution < 1.29 is 24.5 Å². The molecule has 231 valence electrons. The monoisotopic (exact) mass is 777 g/mol. The third-order valence-corrected chi connectivity index (χ3v) is 8.98. The Kier molecular flexibility index (Phi) is 10.2. The second-order valence-electron chi connectivity index (χ2n) is 12.0. The van der Waals surface area contributed by atoms with Gasteiger partial charge in [-0.15, -0.1) is 59.7 Å². The molecule has 3 heterocycles. The number of pyridine rings is 2. The van der Waals surface area contributed by atoms with Crippen molar-refractivity contribution in [1.29, 1.82) is 0 Å². The number of nitrogens with zero attached hydrogens (tertiary/aromatic N) is 2. The fourth-order valence-electron chi connectivity index (χ4n) is 6.46. The molecule has 1 radical (unpaired) electrons. The summed E-state index contributed by atoms with van der Waals surface area (Å²) in [6.07, 6.45) is 10.5. The molecule has 0 amide bonds. The number of para-hydroxylation sites is 1. The van der Waals surface area contributed by atoms with Crippen LogP contribution in [-0.2, 0) is 26.5 Å². The summed E-state index contributed by atoms with van der Waals surface area (Å²) in [4.78, 5) is 9.05. The van der Waals surface area contributed by atoms with Crippen LogP contribution in [0.3, 0.4) is 0 Å². The van der Waals surface area contributed by atoms with Crippen LogP contribution in [0, 0.1) is 18.1 Å². The van der Waals surface area contributed by atoms with Crippen LogP contribution in [0.15, 0.2) is 132 Å². The molecule has 3 aromatic heterocycles. The Balaban J connectivity index is 0.000000162. The summed E-state index contributed by atoms with van der Waals surface area (Å²) < 4.78 is 5.90. The van der Waals surface area contributed by atoms with Crippen LogP contribution in [0.25, 0.3) is 44.5 Å². The quantitative estimate of drug-likeness (QED) is 0.158. The Morgan fingerprint density at radius 3 is 2.24 bits per heavy atom. The molecule has 0 aliphatic heterocycles. The topological polar surface area (TPSA) is 38.9 Å². The molecular formula is C42H36IrN2O-2. The molecule has 4 aromatic carbocycles. The van der Waals surface area contributed by atoms with E-state index in [2.05, 4.69) is 89.7 Å².